The van der Waals surface area contributed by atoms with E-state index in [4.69, 9.17) is 0 Å². The highest BCUT2D eigenvalue weighted by atomic mass is 19.1. The molecule has 2 amide bonds. The van der Waals surface area contributed by atoms with Gasteiger partial charge < -0.3 is 9.80 Å². The van der Waals surface area contributed by atoms with E-state index >= 15 is 0 Å². The van der Waals surface area contributed by atoms with Crippen molar-refractivity contribution in [3.05, 3.63) is 35.6 Å². The lowest BCUT2D eigenvalue weighted by Gasteiger charge is -2.37. The van der Waals surface area contributed by atoms with Gasteiger partial charge >= 0.3 is 0 Å². The number of amides is 2. The predicted octanol–water partition coefficient (Wildman–Crippen LogP) is 3.11. The first-order valence-electron chi connectivity index (χ1n) is 9.94. The van der Waals surface area contributed by atoms with Gasteiger partial charge in [-0.1, -0.05) is 12.1 Å². The van der Waals surface area contributed by atoms with Gasteiger partial charge in [-0.05, 0) is 62.6 Å². The number of likely N-dealkylation sites (tertiary alicyclic amines) is 2. The van der Waals surface area contributed by atoms with Crippen molar-refractivity contribution in [1.82, 2.24) is 9.80 Å². The second kappa shape index (κ2) is 7.01. The first-order chi connectivity index (χ1) is 12.6. The number of nitrogens with zero attached hydrogens (tertiary/aromatic N) is 2. The molecule has 1 aliphatic carbocycles. The van der Waals surface area contributed by atoms with E-state index < -0.39 is 5.41 Å². The Hall–Kier alpha value is -1.91. The van der Waals surface area contributed by atoms with Crippen LogP contribution in [0, 0.1) is 11.7 Å². The average molecular weight is 358 g/mol. The van der Waals surface area contributed by atoms with E-state index in [1.54, 1.807) is 12.1 Å². The minimum absolute atomic E-state index is 0.0677. The molecular formula is C21H27FN2O2. The number of rotatable bonds is 3. The molecule has 0 N–H and O–H groups in total. The Balaban J connectivity index is 1.36. The van der Waals surface area contributed by atoms with Gasteiger partial charge in [-0.3, -0.25) is 9.59 Å². The first-order valence-corrected chi connectivity index (χ1v) is 9.94. The zero-order valence-electron chi connectivity index (χ0n) is 15.3. The van der Waals surface area contributed by atoms with Gasteiger partial charge in [0.25, 0.3) is 0 Å². The summed E-state index contributed by atoms with van der Waals surface area (Å²) in [6.07, 6.45) is 6.66. The van der Waals surface area contributed by atoms with E-state index in [1.807, 2.05) is 9.80 Å². The lowest BCUT2D eigenvalue weighted by atomic mass is 9.90. The maximum absolute atomic E-state index is 13.2. The van der Waals surface area contributed by atoms with Crippen molar-refractivity contribution in [3.8, 4) is 0 Å². The Kier molecular flexibility index (Phi) is 4.72. The van der Waals surface area contributed by atoms with Crippen LogP contribution in [0.2, 0.25) is 0 Å². The van der Waals surface area contributed by atoms with E-state index in [1.165, 1.54) is 18.6 Å². The highest BCUT2D eigenvalue weighted by molar-refractivity contribution is 5.91. The van der Waals surface area contributed by atoms with E-state index in [0.29, 0.717) is 13.1 Å². The molecule has 0 radical (unpaired) electrons. The van der Waals surface area contributed by atoms with Crippen LogP contribution in [0.25, 0.3) is 0 Å². The molecule has 4 rings (SSSR count). The average Bonchev–Trinajstić information content (AvgIpc) is 3.50. The van der Waals surface area contributed by atoms with Crippen molar-refractivity contribution in [2.75, 3.05) is 26.2 Å². The van der Waals surface area contributed by atoms with Crippen molar-refractivity contribution in [3.63, 3.8) is 0 Å². The summed E-state index contributed by atoms with van der Waals surface area (Å²) in [5.74, 6) is 0.247. The third-order valence-corrected chi connectivity index (χ3v) is 6.36. The number of hydrogen-bond acceptors (Lipinski definition) is 2. The number of halogens is 1. The molecule has 2 heterocycles. The minimum Gasteiger partial charge on any atom is -0.342 e. The summed E-state index contributed by atoms with van der Waals surface area (Å²) in [4.78, 5) is 29.7. The molecule has 26 heavy (non-hydrogen) atoms. The summed E-state index contributed by atoms with van der Waals surface area (Å²) in [5, 5.41) is 0. The fraction of sp³-hybridized carbons (Fsp3) is 0.619. The van der Waals surface area contributed by atoms with Gasteiger partial charge in [0.2, 0.25) is 11.8 Å². The van der Waals surface area contributed by atoms with Gasteiger partial charge in [0.1, 0.15) is 5.82 Å². The molecule has 1 saturated carbocycles. The van der Waals surface area contributed by atoms with E-state index in [9.17, 15) is 14.0 Å². The van der Waals surface area contributed by atoms with Gasteiger partial charge in [-0.15, -0.1) is 0 Å². The summed E-state index contributed by atoms with van der Waals surface area (Å²) in [7, 11) is 0. The van der Waals surface area contributed by atoms with Gasteiger partial charge in [0.15, 0.2) is 0 Å². The quantitative estimate of drug-likeness (QED) is 0.833. The summed E-state index contributed by atoms with van der Waals surface area (Å²) < 4.78 is 13.2. The van der Waals surface area contributed by atoms with Gasteiger partial charge in [-0.25, -0.2) is 4.39 Å². The van der Waals surface area contributed by atoms with Crippen molar-refractivity contribution >= 4 is 11.8 Å². The van der Waals surface area contributed by atoms with Crippen LogP contribution in [0.1, 0.15) is 50.5 Å². The fourth-order valence-corrected chi connectivity index (χ4v) is 4.52. The molecule has 1 aromatic carbocycles. The SMILES string of the molecule is O=C(C1CCN(C(=O)C2(c3ccc(F)cc3)CC2)CC1)N1CCCCC1. The number of carbonyl (C=O) groups is 2. The first kappa shape index (κ1) is 17.5. The standard InChI is InChI=1S/C21H27FN2O2/c22-18-6-4-17(5-7-18)21(10-11-21)20(26)24-14-8-16(9-15-24)19(25)23-12-2-1-3-13-23/h4-7,16H,1-3,8-15H2. The maximum Gasteiger partial charge on any atom is 0.233 e. The number of piperidine rings is 2. The van der Waals surface area contributed by atoms with Crippen molar-refractivity contribution in [2.24, 2.45) is 5.92 Å². The van der Waals surface area contributed by atoms with Crippen LogP contribution >= 0.6 is 0 Å². The highest BCUT2D eigenvalue weighted by Crippen LogP contribution is 2.50. The third-order valence-electron chi connectivity index (χ3n) is 6.36. The molecule has 0 bridgehead atoms. The van der Waals surface area contributed by atoms with Crippen molar-refractivity contribution in [2.45, 2.75) is 50.4 Å². The minimum atomic E-state index is -0.447. The van der Waals surface area contributed by atoms with Crippen LogP contribution < -0.4 is 0 Å². The Morgan fingerprint density at radius 1 is 0.885 bits per heavy atom. The van der Waals surface area contributed by atoms with Crippen LogP contribution in [-0.4, -0.2) is 47.8 Å². The van der Waals surface area contributed by atoms with Crippen LogP contribution in [0.15, 0.2) is 24.3 Å². The van der Waals surface area contributed by atoms with Gasteiger partial charge in [-0.2, -0.15) is 0 Å². The summed E-state index contributed by atoms with van der Waals surface area (Å²) in [5.41, 5.74) is 0.479. The van der Waals surface area contributed by atoms with Crippen LogP contribution in [0.4, 0.5) is 4.39 Å². The molecule has 0 atom stereocenters. The van der Waals surface area contributed by atoms with Crippen molar-refractivity contribution < 1.29 is 14.0 Å². The second-order valence-electron chi connectivity index (χ2n) is 8.04. The smallest absolute Gasteiger partial charge is 0.233 e. The Morgan fingerprint density at radius 2 is 1.50 bits per heavy atom. The fourth-order valence-electron chi connectivity index (χ4n) is 4.52. The van der Waals surface area contributed by atoms with Gasteiger partial charge in [0, 0.05) is 32.1 Å². The third kappa shape index (κ3) is 3.24. The zero-order valence-corrected chi connectivity index (χ0v) is 15.3. The summed E-state index contributed by atoms with van der Waals surface area (Å²) >= 11 is 0. The lowest BCUT2D eigenvalue weighted by molar-refractivity contribution is -0.142. The lowest BCUT2D eigenvalue weighted by Crippen LogP contribution is -2.48. The molecule has 4 nitrogen and oxygen atoms in total. The Labute approximate surface area is 154 Å². The molecule has 0 spiro atoms. The number of carbonyl (C=O) groups excluding carboxylic acids is 2. The maximum atomic E-state index is 13.2. The second-order valence-corrected chi connectivity index (χ2v) is 8.04. The van der Waals surface area contributed by atoms with Gasteiger partial charge in [0.05, 0.1) is 5.41 Å². The van der Waals surface area contributed by atoms with Crippen LogP contribution in [0.3, 0.4) is 0 Å². The normalized spacial score (nSPS) is 23.0. The monoisotopic (exact) mass is 358 g/mol. The molecule has 140 valence electrons. The Morgan fingerprint density at radius 3 is 2.08 bits per heavy atom. The molecular weight excluding hydrogens is 331 g/mol. The van der Waals surface area contributed by atoms with E-state index in [-0.39, 0.29) is 23.5 Å². The largest absolute Gasteiger partial charge is 0.342 e. The molecule has 5 heteroatoms. The Bertz CT molecular complexity index is 670. The molecule has 3 fully saturated rings. The van der Waals surface area contributed by atoms with E-state index in [2.05, 4.69) is 0 Å². The van der Waals surface area contributed by atoms with E-state index in [0.717, 1.165) is 57.2 Å². The highest BCUT2D eigenvalue weighted by Gasteiger charge is 2.53. The molecule has 2 aliphatic heterocycles. The molecule has 2 saturated heterocycles. The summed E-state index contributed by atoms with van der Waals surface area (Å²) in [6.45, 7) is 3.11. The number of benzene rings is 1. The topological polar surface area (TPSA) is 40.6 Å². The zero-order chi connectivity index (χ0) is 18.1. The van der Waals surface area contributed by atoms with Crippen molar-refractivity contribution in [1.29, 1.82) is 0 Å². The molecule has 0 aromatic heterocycles. The molecule has 1 aromatic rings. The predicted molar refractivity (Wildman–Crippen MR) is 97.0 cm³/mol. The summed E-state index contributed by atoms with van der Waals surface area (Å²) in [6, 6.07) is 6.36. The number of hydrogen-bond donors (Lipinski definition) is 0. The van der Waals surface area contributed by atoms with Crippen LogP contribution in [0.5, 0.6) is 0 Å². The molecule has 0 unspecified atom stereocenters. The van der Waals surface area contributed by atoms with Crippen LogP contribution in [-0.2, 0) is 15.0 Å². The molecule has 3 aliphatic rings.